The Labute approximate surface area is 193 Å². The van der Waals surface area contributed by atoms with Crippen molar-refractivity contribution >= 4 is 49.9 Å². The van der Waals surface area contributed by atoms with Crippen LogP contribution in [0.2, 0.25) is 0 Å². The first-order valence-electron chi connectivity index (χ1n) is 10.5. The van der Waals surface area contributed by atoms with Gasteiger partial charge in [0.2, 0.25) is 0 Å². The lowest BCUT2D eigenvalue weighted by Gasteiger charge is -2.09. The van der Waals surface area contributed by atoms with Crippen molar-refractivity contribution in [2.45, 2.75) is 39.7 Å². The van der Waals surface area contributed by atoms with Gasteiger partial charge in [-0.05, 0) is 37.6 Å². The predicted molar refractivity (Wildman–Crippen MR) is 130 cm³/mol. The fourth-order valence-electron chi connectivity index (χ4n) is 3.89. The molecule has 0 saturated heterocycles. The first-order chi connectivity index (χ1) is 15.4. The van der Waals surface area contributed by atoms with Crippen LogP contribution < -0.4 is 5.56 Å². The molecular weight excluding hydrogens is 472 g/mol. The fourth-order valence-corrected chi connectivity index (χ4v) is 4.25. The highest BCUT2D eigenvalue weighted by atomic mass is 79.9. The molecule has 4 aromatic rings. The van der Waals surface area contributed by atoms with Gasteiger partial charge in [-0.2, -0.15) is 9.78 Å². The summed E-state index contributed by atoms with van der Waals surface area (Å²) < 4.78 is 3.91. The number of para-hydroxylation sites is 1. The number of aryl methyl sites for hydroxylation is 1. The van der Waals surface area contributed by atoms with Gasteiger partial charge < -0.3 is 9.67 Å². The quantitative estimate of drug-likeness (QED) is 0.376. The molecule has 0 amide bonds. The number of aliphatic carboxylic acids is 1. The zero-order valence-electron chi connectivity index (χ0n) is 17.9. The first-order valence-corrected chi connectivity index (χ1v) is 11.2. The van der Waals surface area contributed by atoms with Gasteiger partial charge in [-0.15, -0.1) is 0 Å². The lowest BCUT2D eigenvalue weighted by atomic mass is 10.1. The van der Waals surface area contributed by atoms with E-state index in [0.717, 1.165) is 39.5 Å². The van der Waals surface area contributed by atoms with E-state index in [1.807, 2.05) is 43.3 Å². The molecule has 0 saturated carbocycles. The smallest absolute Gasteiger partial charge is 0.323 e. The molecule has 1 N–H and O–H groups in total. The summed E-state index contributed by atoms with van der Waals surface area (Å²) in [4.78, 5) is 29.4. The summed E-state index contributed by atoms with van der Waals surface area (Å²) in [5, 5.41) is 15.3. The van der Waals surface area contributed by atoms with Crippen molar-refractivity contribution in [1.29, 1.82) is 0 Å². The number of nitrogens with zero attached hydrogens (tertiary/aromatic N) is 4. The van der Waals surface area contributed by atoms with Crippen molar-refractivity contribution in [3.8, 4) is 0 Å². The molecule has 0 aliphatic rings. The minimum absolute atomic E-state index is 0.145. The number of unbranched alkanes of at least 4 members (excludes halogenated alkanes) is 1. The Morgan fingerprint density at radius 1 is 1.22 bits per heavy atom. The number of rotatable bonds is 7. The normalized spacial score (nSPS) is 11.7. The molecular formula is C24H23BrN4O3. The van der Waals surface area contributed by atoms with E-state index < -0.39 is 5.97 Å². The van der Waals surface area contributed by atoms with Crippen LogP contribution in [0.5, 0.6) is 0 Å². The van der Waals surface area contributed by atoms with Gasteiger partial charge in [0.25, 0.3) is 5.56 Å². The number of fused-ring (bicyclic) bond motifs is 2. The van der Waals surface area contributed by atoms with Crippen molar-refractivity contribution in [2.75, 3.05) is 0 Å². The second kappa shape index (κ2) is 9.08. The fraction of sp³-hybridized carbons (Fsp3) is 0.250. The van der Waals surface area contributed by atoms with Crippen LogP contribution in [0.15, 0.2) is 56.8 Å². The monoisotopic (exact) mass is 494 g/mol. The molecule has 164 valence electrons. The molecule has 0 atom stereocenters. The average molecular weight is 495 g/mol. The molecule has 0 bridgehead atoms. The minimum Gasteiger partial charge on any atom is -0.480 e. The Morgan fingerprint density at radius 2 is 2.00 bits per heavy atom. The molecule has 32 heavy (non-hydrogen) atoms. The summed E-state index contributed by atoms with van der Waals surface area (Å²) in [6.45, 7) is 3.80. The Balaban J connectivity index is 1.89. The molecule has 0 unspecified atom stereocenters. The van der Waals surface area contributed by atoms with Gasteiger partial charge in [0.15, 0.2) is 0 Å². The number of carbonyl (C=O) groups is 1. The number of aromatic nitrogens is 3. The summed E-state index contributed by atoms with van der Waals surface area (Å²) in [7, 11) is 0. The first kappa shape index (κ1) is 22.0. The maximum absolute atomic E-state index is 13.3. The van der Waals surface area contributed by atoms with Crippen LogP contribution in [0, 0.1) is 6.92 Å². The van der Waals surface area contributed by atoms with Crippen LogP contribution in [-0.2, 0) is 17.8 Å². The largest absolute Gasteiger partial charge is 0.480 e. The molecule has 0 aliphatic heterocycles. The highest BCUT2D eigenvalue weighted by Gasteiger charge is 2.15. The molecule has 2 aromatic heterocycles. The van der Waals surface area contributed by atoms with Crippen LogP contribution in [0.4, 0.5) is 0 Å². The Kier molecular flexibility index (Phi) is 6.23. The van der Waals surface area contributed by atoms with E-state index in [1.165, 1.54) is 4.68 Å². The summed E-state index contributed by atoms with van der Waals surface area (Å²) in [5.41, 5.74) is 2.78. The Hall–Kier alpha value is -3.26. The van der Waals surface area contributed by atoms with Crippen molar-refractivity contribution in [2.24, 2.45) is 5.10 Å². The van der Waals surface area contributed by atoms with E-state index >= 15 is 0 Å². The van der Waals surface area contributed by atoms with E-state index in [2.05, 4.69) is 28.0 Å². The van der Waals surface area contributed by atoms with E-state index in [9.17, 15) is 14.7 Å². The minimum atomic E-state index is -0.917. The lowest BCUT2D eigenvalue weighted by molar-refractivity contribution is -0.137. The van der Waals surface area contributed by atoms with Gasteiger partial charge in [0.1, 0.15) is 12.4 Å². The second-order valence-electron chi connectivity index (χ2n) is 7.65. The number of carboxylic acids is 1. The summed E-state index contributed by atoms with van der Waals surface area (Å²) in [6, 6.07) is 13.0. The summed E-state index contributed by atoms with van der Waals surface area (Å²) >= 11 is 3.42. The zero-order valence-corrected chi connectivity index (χ0v) is 19.5. The second-order valence-corrected chi connectivity index (χ2v) is 8.57. The third-order valence-electron chi connectivity index (χ3n) is 5.50. The Morgan fingerprint density at radius 3 is 2.75 bits per heavy atom. The summed E-state index contributed by atoms with van der Waals surface area (Å²) in [5.74, 6) is -0.311. The highest BCUT2D eigenvalue weighted by molar-refractivity contribution is 9.10. The van der Waals surface area contributed by atoms with Gasteiger partial charge in [0.05, 0.1) is 17.1 Å². The van der Waals surface area contributed by atoms with Gasteiger partial charge in [-0.25, -0.2) is 4.98 Å². The molecule has 8 heteroatoms. The van der Waals surface area contributed by atoms with Gasteiger partial charge >= 0.3 is 5.97 Å². The SMILES string of the molecule is CCCCc1nc2ccc(Br)cc2c(=O)n1N=Cc1c(C)n(CC(=O)O)c2ccccc12. The molecule has 2 heterocycles. The van der Waals surface area contributed by atoms with Crippen LogP contribution in [0.25, 0.3) is 21.8 Å². The molecule has 7 nitrogen and oxygen atoms in total. The Bertz CT molecular complexity index is 1420. The zero-order chi connectivity index (χ0) is 22.8. The average Bonchev–Trinajstić information content (AvgIpc) is 3.03. The maximum atomic E-state index is 13.3. The van der Waals surface area contributed by atoms with Crippen LogP contribution in [0.3, 0.4) is 0 Å². The number of hydrogen-bond donors (Lipinski definition) is 1. The molecule has 0 radical (unpaired) electrons. The van der Waals surface area contributed by atoms with Crippen molar-refractivity contribution in [3.05, 3.63) is 74.4 Å². The number of benzene rings is 2. The lowest BCUT2D eigenvalue weighted by Crippen LogP contribution is -2.22. The number of carboxylic acid groups (broad SMARTS) is 1. The van der Waals surface area contributed by atoms with Crippen LogP contribution >= 0.6 is 15.9 Å². The highest BCUT2D eigenvalue weighted by Crippen LogP contribution is 2.25. The van der Waals surface area contributed by atoms with Crippen LogP contribution in [-0.4, -0.2) is 31.5 Å². The van der Waals surface area contributed by atoms with Crippen LogP contribution in [0.1, 0.15) is 36.8 Å². The number of halogens is 1. The molecule has 4 rings (SSSR count). The molecule has 2 aromatic carbocycles. The molecule has 0 spiro atoms. The van der Waals surface area contributed by atoms with Crippen molar-refractivity contribution in [1.82, 2.24) is 14.2 Å². The van der Waals surface area contributed by atoms with Gasteiger partial charge in [0, 0.05) is 33.1 Å². The van der Waals surface area contributed by atoms with E-state index in [-0.39, 0.29) is 12.1 Å². The molecule has 0 aliphatic carbocycles. The van der Waals surface area contributed by atoms with Crippen molar-refractivity contribution < 1.29 is 9.90 Å². The topological polar surface area (TPSA) is 89.5 Å². The summed E-state index contributed by atoms with van der Waals surface area (Å²) in [6.07, 6.45) is 4.13. The third kappa shape index (κ3) is 4.10. The van der Waals surface area contributed by atoms with Gasteiger partial charge in [-0.3, -0.25) is 9.59 Å². The van der Waals surface area contributed by atoms with E-state index in [0.29, 0.717) is 23.1 Å². The maximum Gasteiger partial charge on any atom is 0.323 e. The third-order valence-corrected chi connectivity index (χ3v) is 6.00. The number of hydrogen-bond acceptors (Lipinski definition) is 4. The van der Waals surface area contributed by atoms with Gasteiger partial charge in [-0.1, -0.05) is 47.5 Å². The van der Waals surface area contributed by atoms with Crippen molar-refractivity contribution in [3.63, 3.8) is 0 Å². The predicted octanol–water partition coefficient (Wildman–Crippen LogP) is 4.73. The standard InChI is InChI=1S/C24H23BrN4O3/c1-3-4-9-22-27-20-11-10-16(25)12-18(20)24(32)29(22)26-13-19-15(2)28(14-23(30)31)21-8-6-5-7-17(19)21/h5-8,10-13H,3-4,9,14H2,1-2H3,(H,30,31). The van der Waals surface area contributed by atoms with E-state index in [1.54, 1.807) is 16.8 Å². The van der Waals surface area contributed by atoms with E-state index in [4.69, 9.17) is 4.98 Å². The molecule has 0 fully saturated rings.